The molecule has 0 spiro atoms. The van der Waals surface area contributed by atoms with Crippen LogP contribution < -0.4 is 5.32 Å². The molecule has 1 aromatic rings. The topological polar surface area (TPSA) is 35.6 Å². The molecule has 0 aromatic carbocycles. The van der Waals surface area contributed by atoms with Gasteiger partial charge in [-0.25, -0.2) is 0 Å². The minimum Gasteiger partial charge on any atom is -0.350 e. The van der Waals surface area contributed by atoms with Crippen LogP contribution in [0.4, 0.5) is 0 Å². The summed E-state index contributed by atoms with van der Waals surface area (Å²) in [6.07, 6.45) is 0. The molecule has 0 unspecified atom stereocenters. The summed E-state index contributed by atoms with van der Waals surface area (Å²) in [5, 5.41) is 5.01. The first-order chi connectivity index (χ1) is 8.65. The lowest BCUT2D eigenvalue weighted by atomic mass is 10.2. The summed E-state index contributed by atoms with van der Waals surface area (Å²) in [6, 6.07) is 4.51. The number of thiophene rings is 1. The molecule has 18 heavy (non-hydrogen) atoms. The van der Waals surface area contributed by atoms with Crippen LogP contribution in [0.2, 0.25) is 0 Å². The van der Waals surface area contributed by atoms with Gasteiger partial charge >= 0.3 is 0 Å². The fourth-order valence-electron chi connectivity index (χ4n) is 2.25. The standard InChI is InChI=1S/C13H21N3OS/c1-11-9-15(2)5-6-16(11)10-13(17)14-8-12-4-3-7-18-12/h3-4,7,11H,5-6,8-10H2,1-2H3,(H,14,17)/t11-/m1/s1. The second-order valence-corrected chi connectivity index (χ2v) is 5.97. The van der Waals surface area contributed by atoms with E-state index in [0.29, 0.717) is 19.1 Å². The van der Waals surface area contributed by atoms with Gasteiger partial charge in [-0.05, 0) is 25.4 Å². The Labute approximate surface area is 113 Å². The summed E-state index contributed by atoms with van der Waals surface area (Å²) in [5.74, 6) is 0.125. The van der Waals surface area contributed by atoms with E-state index in [1.165, 1.54) is 4.88 Å². The van der Waals surface area contributed by atoms with Crippen LogP contribution in [0.15, 0.2) is 17.5 Å². The van der Waals surface area contributed by atoms with E-state index in [4.69, 9.17) is 0 Å². The highest BCUT2D eigenvalue weighted by Crippen LogP contribution is 2.09. The minimum atomic E-state index is 0.125. The highest BCUT2D eigenvalue weighted by Gasteiger charge is 2.22. The number of rotatable bonds is 4. The zero-order valence-electron chi connectivity index (χ0n) is 11.1. The molecule has 1 aromatic heterocycles. The van der Waals surface area contributed by atoms with Gasteiger partial charge in [0.2, 0.25) is 5.91 Å². The third-order valence-corrected chi connectivity index (χ3v) is 4.23. The van der Waals surface area contributed by atoms with E-state index in [0.717, 1.165) is 19.6 Å². The second-order valence-electron chi connectivity index (χ2n) is 4.94. The molecule has 1 N–H and O–H groups in total. The number of likely N-dealkylation sites (N-methyl/N-ethyl adjacent to an activating group) is 1. The molecule has 1 saturated heterocycles. The molecule has 100 valence electrons. The van der Waals surface area contributed by atoms with Crippen molar-refractivity contribution < 1.29 is 4.79 Å². The van der Waals surface area contributed by atoms with Crippen molar-refractivity contribution in [2.45, 2.75) is 19.5 Å². The molecule has 2 heterocycles. The summed E-state index contributed by atoms with van der Waals surface area (Å²) >= 11 is 1.68. The van der Waals surface area contributed by atoms with Crippen molar-refractivity contribution in [3.05, 3.63) is 22.4 Å². The predicted molar refractivity (Wildman–Crippen MR) is 74.7 cm³/mol. The molecule has 2 rings (SSSR count). The van der Waals surface area contributed by atoms with E-state index in [1.807, 2.05) is 17.5 Å². The van der Waals surface area contributed by atoms with Gasteiger partial charge in [0.15, 0.2) is 0 Å². The van der Waals surface area contributed by atoms with Gasteiger partial charge in [-0.3, -0.25) is 9.69 Å². The average molecular weight is 267 g/mol. The van der Waals surface area contributed by atoms with E-state index in [2.05, 4.69) is 29.1 Å². The third kappa shape index (κ3) is 3.80. The minimum absolute atomic E-state index is 0.125. The molecule has 1 fully saturated rings. The van der Waals surface area contributed by atoms with Crippen molar-refractivity contribution in [3.8, 4) is 0 Å². The molecule has 1 amide bonds. The van der Waals surface area contributed by atoms with Gasteiger partial charge in [0.05, 0.1) is 13.1 Å². The Morgan fingerprint density at radius 3 is 3.06 bits per heavy atom. The van der Waals surface area contributed by atoms with E-state index in [-0.39, 0.29) is 5.91 Å². The van der Waals surface area contributed by atoms with Crippen LogP contribution in [-0.4, -0.2) is 55.0 Å². The van der Waals surface area contributed by atoms with E-state index in [9.17, 15) is 4.79 Å². The van der Waals surface area contributed by atoms with Crippen LogP contribution in [0.5, 0.6) is 0 Å². The van der Waals surface area contributed by atoms with E-state index >= 15 is 0 Å². The molecule has 0 saturated carbocycles. The third-order valence-electron chi connectivity index (χ3n) is 3.35. The summed E-state index contributed by atoms with van der Waals surface area (Å²) in [5.41, 5.74) is 0. The van der Waals surface area contributed by atoms with Gasteiger partial charge in [-0.1, -0.05) is 6.07 Å². The lowest BCUT2D eigenvalue weighted by Gasteiger charge is -2.37. The quantitative estimate of drug-likeness (QED) is 0.884. The largest absolute Gasteiger partial charge is 0.350 e. The summed E-state index contributed by atoms with van der Waals surface area (Å²) < 4.78 is 0. The Morgan fingerprint density at radius 2 is 2.39 bits per heavy atom. The van der Waals surface area contributed by atoms with Crippen molar-refractivity contribution in [2.24, 2.45) is 0 Å². The average Bonchev–Trinajstić information content (AvgIpc) is 2.83. The zero-order valence-corrected chi connectivity index (χ0v) is 11.9. The summed E-state index contributed by atoms with van der Waals surface area (Å²) in [7, 11) is 2.13. The lowest BCUT2D eigenvalue weighted by Crippen LogP contribution is -2.53. The van der Waals surface area contributed by atoms with Gasteiger partial charge in [0, 0.05) is 30.6 Å². The molecule has 0 radical (unpaired) electrons. The van der Waals surface area contributed by atoms with Gasteiger partial charge in [0.1, 0.15) is 0 Å². The summed E-state index contributed by atoms with van der Waals surface area (Å²) in [4.78, 5) is 17.6. The molecule has 1 aliphatic rings. The lowest BCUT2D eigenvalue weighted by molar-refractivity contribution is -0.123. The highest BCUT2D eigenvalue weighted by atomic mass is 32.1. The second kappa shape index (κ2) is 6.31. The first-order valence-corrected chi connectivity index (χ1v) is 7.25. The molecule has 0 aliphatic carbocycles. The molecule has 4 nitrogen and oxygen atoms in total. The van der Waals surface area contributed by atoms with Crippen LogP contribution in [0.3, 0.4) is 0 Å². The molecular weight excluding hydrogens is 246 g/mol. The first-order valence-electron chi connectivity index (χ1n) is 6.37. The zero-order chi connectivity index (χ0) is 13.0. The number of hydrogen-bond acceptors (Lipinski definition) is 4. The van der Waals surface area contributed by atoms with Gasteiger partial charge in [0.25, 0.3) is 0 Å². The van der Waals surface area contributed by atoms with E-state index < -0.39 is 0 Å². The maximum absolute atomic E-state index is 11.9. The maximum atomic E-state index is 11.9. The van der Waals surface area contributed by atoms with Crippen LogP contribution in [0.1, 0.15) is 11.8 Å². The van der Waals surface area contributed by atoms with E-state index in [1.54, 1.807) is 11.3 Å². The Hall–Kier alpha value is -0.910. The van der Waals surface area contributed by atoms with Crippen molar-refractivity contribution in [3.63, 3.8) is 0 Å². The Morgan fingerprint density at radius 1 is 1.56 bits per heavy atom. The number of hydrogen-bond donors (Lipinski definition) is 1. The van der Waals surface area contributed by atoms with Crippen LogP contribution in [0, 0.1) is 0 Å². The first kappa shape index (κ1) is 13.5. The number of carbonyl (C=O) groups excluding carboxylic acids is 1. The Balaban J connectivity index is 1.73. The SMILES string of the molecule is C[C@@H]1CN(C)CCN1CC(=O)NCc1cccs1. The van der Waals surface area contributed by atoms with Crippen molar-refractivity contribution in [1.29, 1.82) is 0 Å². The highest BCUT2D eigenvalue weighted by molar-refractivity contribution is 7.09. The van der Waals surface area contributed by atoms with Gasteiger partial charge in [-0.2, -0.15) is 0 Å². The van der Waals surface area contributed by atoms with Crippen LogP contribution in [0.25, 0.3) is 0 Å². The van der Waals surface area contributed by atoms with Crippen molar-refractivity contribution in [2.75, 3.05) is 33.2 Å². The van der Waals surface area contributed by atoms with Crippen LogP contribution >= 0.6 is 11.3 Å². The monoisotopic (exact) mass is 267 g/mol. The van der Waals surface area contributed by atoms with Gasteiger partial charge in [-0.15, -0.1) is 11.3 Å². The Kier molecular flexibility index (Phi) is 4.74. The molecule has 5 heteroatoms. The van der Waals surface area contributed by atoms with Crippen molar-refractivity contribution in [1.82, 2.24) is 15.1 Å². The fourth-order valence-corrected chi connectivity index (χ4v) is 2.90. The number of nitrogens with zero attached hydrogens (tertiary/aromatic N) is 2. The number of nitrogens with one attached hydrogen (secondary N) is 1. The number of piperazine rings is 1. The molecule has 0 bridgehead atoms. The Bertz CT molecular complexity index is 380. The van der Waals surface area contributed by atoms with Crippen molar-refractivity contribution >= 4 is 17.2 Å². The maximum Gasteiger partial charge on any atom is 0.234 e. The predicted octanol–water partition coefficient (Wildman–Crippen LogP) is 1.00. The molecule has 1 aliphatic heterocycles. The normalized spacial score (nSPS) is 22.0. The van der Waals surface area contributed by atoms with Gasteiger partial charge < -0.3 is 10.2 Å². The smallest absolute Gasteiger partial charge is 0.234 e. The van der Waals surface area contributed by atoms with Crippen LogP contribution in [-0.2, 0) is 11.3 Å². The molecule has 1 atom stereocenters. The molecular formula is C13H21N3OS. The fraction of sp³-hybridized carbons (Fsp3) is 0.615. The summed E-state index contributed by atoms with van der Waals surface area (Å²) in [6.45, 7) is 6.41. The number of amides is 1. The number of carbonyl (C=O) groups is 1.